The topological polar surface area (TPSA) is 69.7 Å². The number of amides is 4. The number of imide groups is 1. The Labute approximate surface area is 131 Å². The number of hydrogen-bond acceptors (Lipinski definition) is 3. The van der Waals surface area contributed by atoms with Crippen molar-refractivity contribution in [2.45, 2.75) is 57.4 Å². The predicted molar refractivity (Wildman–Crippen MR) is 81.0 cm³/mol. The molecule has 0 radical (unpaired) electrons. The average Bonchev–Trinajstić information content (AvgIpc) is 3.12. The molecule has 2 heterocycles. The smallest absolute Gasteiger partial charge is 0.325 e. The molecule has 122 valence electrons. The van der Waals surface area contributed by atoms with Gasteiger partial charge < -0.3 is 10.2 Å². The molecule has 22 heavy (non-hydrogen) atoms. The van der Waals surface area contributed by atoms with E-state index in [2.05, 4.69) is 12.2 Å². The molecular weight excluding hydrogens is 282 g/mol. The lowest BCUT2D eigenvalue weighted by Crippen LogP contribution is -2.50. The van der Waals surface area contributed by atoms with Crippen molar-refractivity contribution in [2.24, 2.45) is 5.92 Å². The monoisotopic (exact) mass is 307 g/mol. The lowest BCUT2D eigenvalue weighted by Gasteiger charge is -2.34. The second kappa shape index (κ2) is 5.89. The van der Waals surface area contributed by atoms with E-state index in [0.717, 1.165) is 50.1 Å². The summed E-state index contributed by atoms with van der Waals surface area (Å²) in [5, 5.41) is 2.88. The fourth-order valence-electron chi connectivity index (χ4n) is 3.94. The molecule has 2 saturated heterocycles. The van der Waals surface area contributed by atoms with Crippen LogP contribution in [-0.4, -0.2) is 52.8 Å². The summed E-state index contributed by atoms with van der Waals surface area (Å²) in [6.45, 7) is 3.54. The highest BCUT2D eigenvalue weighted by Crippen LogP contribution is 2.37. The number of carbonyl (C=O) groups is 3. The zero-order valence-electron chi connectivity index (χ0n) is 13.3. The Balaban J connectivity index is 1.65. The molecule has 1 saturated carbocycles. The number of hydrogen-bond donors (Lipinski definition) is 1. The van der Waals surface area contributed by atoms with Crippen molar-refractivity contribution in [2.75, 3.05) is 19.6 Å². The van der Waals surface area contributed by atoms with Gasteiger partial charge in [-0.1, -0.05) is 13.3 Å². The van der Waals surface area contributed by atoms with Gasteiger partial charge in [0.2, 0.25) is 5.91 Å². The first kappa shape index (κ1) is 15.3. The van der Waals surface area contributed by atoms with E-state index in [9.17, 15) is 14.4 Å². The summed E-state index contributed by atoms with van der Waals surface area (Å²) < 4.78 is 0. The minimum Gasteiger partial charge on any atom is -0.341 e. The minimum atomic E-state index is -0.742. The number of rotatable bonds is 3. The van der Waals surface area contributed by atoms with Gasteiger partial charge in [0.15, 0.2) is 0 Å². The normalized spacial score (nSPS) is 32.0. The first-order chi connectivity index (χ1) is 10.6. The average molecular weight is 307 g/mol. The van der Waals surface area contributed by atoms with Crippen LogP contribution >= 0.6 is 0 Å². The van der Waals surface area contributed by atoms with Crippen LogP contribution in [-0.2, 0) is 9.59 Å². The Kier molecular flexibility index (Phi) is 4.10. The Morgan fingerprint density at radius 3 is 2.45 bits per heavy atom. The van der Waals surface area contributed by atoms with Crippen molar-refractivity contribution in [3.63, 3.8) is 0 Å². The van der Waals surface area contributed by atoms with E-state index in [4.69, 9.17) is 0 Å². The third kappa shape index (κ3) is 2.59. The number of likely N-dealkylation sites (tertiary alicyclic amines) is 1. The van der Waals surface area contributed by atoms with Crippen molar-refractivity contribution >= 4 is 17.8 Å². The SMILES string of the molecule is CCC1CCC2(CC1)NC(=O)N(CC(=O)N1CCCC1)C2=O. The lowest BCUT2D eigenvalue weighted by molar-refractivity contribution is -0.139. The Bertz CT molecular complexity index is 477. The van der Waals surface area contributed by atoms with Gasteiger partial charge in [0.1, 0.15) is 12.1 Å². The second-order valence-electron chi connectivity index (χ2n) is 6.84. The van der Waals surface area contributed by atoms with Gasteiger partial charge in [0.25, 0.3) is 5.91 Å². The van der Waals surface area contributed by atoms with E-state index in [-0.39, 0.29) is 18.4 Å². The number of nitrogens with zero attached hydrogens (tertiary/aromatic N) is 2. The highest BCUT2D eigenvalue weighted by molar-refractivity contribution is 6.09. The molecular formula is C16H25N3O3. The molecule has 0 aromatic carbocycles. The van der Waals surface area contributed by atoms with E-state index in [0.29, 0.717) is 18.8 Å². The summed E-state index contributed by atoms with van der Waals surface area (Å²) in [6.07, 6.45) is 6.47. The van der Waals surface area contributed by atoms with Gasteiger partial charge >= 0.3 is 6.03 Å². The van der Waals surface area contributed by atoms with Crippen LogP contribution in [0.5, 0.6) is 0 Å². The molecule has 0 atom stereocenters. The van der Waals surface area contributed by atoms with Gasteiger partial charge in [0.05, 0.1) is 0 Å². The molecule has 2 aliphatic heterocycles. The summed E-state index contributed by atoms with van der Waals surface area (Å²) in [5.41, 5.74) is -0.742. The first-order valence-corrected chi connectivity index (χ1v) is 8.47. The molecule has 6 nitrogen and oxygen atoms in total. The van der Waals surface area contributed by atoms with Gasteiger partial charge in [-0.05, 0) is 44.4 Å². The van der Waals surface area contributed by atoms with Crippen molar-refractivity contribution in [3.8, 4) is 0 Å². The zero-order chi connectivity index (χ0) is 15.7. The molecule has 3 aliphatic rings. The van der Waals surface area contributed by atoms with Gasteiger partial charge in [-0.2, -0.15) is 0 Å². The maximum absolute atomic E-state index is 12.7. The Morgan fingerprint density at radius 2 is 1.86 bits per heavy atom. The highest BCUT2D eigenvalue weighted by Gasteiger charge is 2.52. The van der Waals surface area contributed by atoms with Crippen molar-refractivity contribution in [1.29, 1.82) is 0 Å². The van der Waals surface area contributed by atoms with Crippen molar-refractivity contribution in [3.05, 3.63) is 0 Å². The third-order valence-electron chi connectivity index (χ3n) is 5.53. The van der Waals surface area contributed by atoms with Gasteiger partial charge in [-0.25, -0.2) is 4.79 Å². The molecule has 3 rings (SSSR count). The fourth-order valence-corrected chi connectivity index (χ4v) is 3.94. The summed E-state index contributed by atoms with van der Waals surface area (Å²) in [5.74, 6) is 0.343. The molecule has 0 aromatic rings. The molecule has 0 aromatic heterocycles. The second-order valence-corrected chi connectivity index (χ2v) is 6.84. The standard InChI is InChI=1S/C16H25N3O3/c1-2-12-5-7-16(8-6-12)14(21)19(15(22)17-16)11-13(20)18-9-3-4-10-18/h12H,2-11H2,1H3,(H,17,22). The summed E-state index contributed by atoms with van der Waals surface area (Å²) in [7, 11) is 0. The molecule has 1 aliphatic carbocycles. The van der Waals surface area contributed by atoms with Gasteiger partial charge in [-0.3, -0.25) is 14.5 Å². The summed E-state index contributed by atoms with van der Waals surface area (Å²) in [4.78, 5) is 40.0. The Hall–Kier alpha value is -1.59. The van der Waals surface area contributed by atoms with Crippen LogP contribution < -0.4 is 5.32 Å². The molecule has 0 bridgehead atoms. The fraction of sp³-hybridized carbons (Fsp3) is 0.812. The lowest BCUT2D eigenvalue weighted by atomic mass is 9.75. The van der Waals surface area contributed by atoms with Gasteiger partial charge in [-0.15, -0.1) is 0 Å². The molecule has 3 fully saturated rings. The summed E-state index contributed by atoms with van der Waals surface area (Å²) in [6, 6.07) is -0.396. The molecule has 4 amide bonds. The quantitative estimate of drug-likeness (QED) is 0.803. The van der Waals surface area contributed by atoms with Crippen LogP contribution in [0.2, 0.25) is 0 Å². The number of nitrogens with one attached hydrogen (secondary N) is 1. The minimum absolute atomic E-state index is 0.108. The van der Waals surface area contributed by atoms with E-state index < -0.39 is 11.6 Å². The predicted octanol–water partition coefficient (Wildman–Crippen LogP) is 1.50. The van der Waals surface area contributed by atoms with Crippen molar-refractivity contribution < 1.29 is 14.4 Å². The van der Waals surface area contributed by atoms with E-state index in [1.54, 1.807) is 4.90 Å². The molecule has 1 spiro atoms. The van der Waals surface area contributed by atoms with E-state index in [1.807, 2.05) is 0 Å². The highest BCUT2D eigenvalue weighted by atomic mass is 16.2. The van der Waals surface area contributed by atoms with E-state index >= 15 is 0 Å². The first-order valence-electron chi connectivity index (χ1n) is 8.47. The van der Waals surface area contributed by atoms with Crippen LogP contribution in [0.15, 0.2) is 0 Å². The number of urea groups is 1. The number of carbonyl (C=O) groups excluding carboxylic acids is 3. The van der Waals surface area contributed by atoms with Crippen LogP contribution in [0.25, 0.3) is 0 Å². The van der Waals surface area contributed by atoms with Crippen LogP contribution in [0, 0.1) is 5.92 Å². The Morgan fingerprint density at radius 1 is 1.23 bits per heavy atom. The molecule has 6 heteroatoms. The largest absolute Gasteiger partial charge is 0.341 e. The summed E-state index contributed by atoms with van der Waals surface area (Å²) >= 11 is 0. The molecule has 1 N–H and O–H groups in total. The molecule has 0 unspecified atom stereocenters. The van der Waals surface area contributed by atoms with Crippen LogP contribution in [0.4, 0.5) is 4.79 Å². The maximum Gasteiger partial charge on any atom is 0.325 e. The third-order valence-corrected chi connectivity index (χ3v) is 5.53. The van der Waals surface area contributed by atoms with Crippen LogP contribution in [0.1, 0.15) is 51.9 Å². The van der Waals surface area contributed by atoms with E-state index in [1.165, 1.54) is 0 Å². The van der Waals surface area contributed by atoms with Gasteiger partial charge in [0, 0.05) is 13.1 Å². The zero-order valence-corrected chi connectivity index (χ0v) is 13.3. The maximum atomic E-state index is 12.7. The van der Waals surface area contributed by atoms with Crippen LogP contribution in [0.3, 0.4) is 0 Å². The van der Waals surface area contributed by atoms with Crippen molar-refractivity contribution in [1.82, 2.24) is 15.1 Å².